The van der Waals surface area contributed by atoms with Gasteiger partial charge >= 0.3 is 0 Å². The minimum atomic E-state index is -0.302. The van der Waals surface area contributed by atoms with Gasteiger partial charge in [0.15, 0.2) is 0 Å². The van der Waals surface area contributed by atoms with Crippen LogP contribution in [0, 0.1) is 0 Å². The number of hydrogen-bond acceptors (Lipinski definition) is 4. The number of benzene rings is 1. The van der Waals surface area contributed by atoms with Gasteiger partial charge in [0.05, 0.1) is 18.2 Å². The average Bonchev–Trinajstić information content (AvgIpc) is 2.59. The van der Waals surface area contributed by atoms with Crippen molar-refractivity contribution in [1.29, 1.82) is 0 Å². The number of allylic oxidation sites excluding steroid dienone is 3. The molecule has 25 heavy (non-hydrogen) atoms. The van der Waals surface area contributed by atoms with Gasteiger partial charge in [-0.15, -0.1) is 0 Å². The van der Waals surface area contributed by atoms with Crippen LogP contribution in [-0.4, -0.2) is 31.0 Å². The summed E-state index contributed by atoms with van der Waals surface area (Å²) >= 11 is 5.87. The molecule has 1 aromatic carbocycles. The molecule has 0 bridgehead atoms. The summed E-state index contributed by atoms with van der Waals surface area (Å²) in [7, 11) is 3.30. The Hall–Kier alpha value is -2.08. The molecular weight excluding hydrogens is 340 g/mol. The molecule has 0 heterocycles. The zero-order valence-corrected chi connectivity index (χ0v) is 15.7. The highest BCUT2D eigenvalue weighted by Gasteiger charge is 2.17. The molecule has 0 saturated carbocycles. The van der Waals surface area contributed by atoms with Gasteiger partial charge in [-0.2, -0.15) is 0 Å². The van der Waals surface area contributed by atoms with Crippen LogP contribution in [0.5, 0.6) is 0 Å². The minimum absolute atomic E-state index is 0.183. The fraction of sp³-hybridized carbons (Fsp3) is 0.316. The van der Waals surface area contributed by atoms with E-state index >= 15 is 0 Å². The van der Waals surface area contributed by atoms with Crippen LogP contribution >= 0.6 is 11.6 Å². The van der Waals surface area contributed by atoms with Crippen molar-refractivity contribution in [3.8, 4) is 0 Å². The van der Waals surface area contributed by atoms with Crippen LogP contribution in [0.2, 0.25) is 0 Å². The monoisotopic (exact) mass is 364 g/mol. The van der Waals surface area contributed by atoms with Crippen molar-refractivity contribution in [2.45, 2.75) is 26.1 Å². The molecule has 0 radical (unpaired) electrons. The molecule has 0 aliphatic carbocycles. The normalized spacial score (nSPS) is 12.6. The molecule has 0 aromatic heterocycles. The molecule has 1 amide bonds. The third-order valence-corrected chi connectivity index (χ3v) is 3.82. The Kier molecular flexibility index (Phi) is 8.99. The molecule has 0 aliphatic heterocycles. The van der Waals surface area contributed by atoms with E-state index in [0.717, 1.165) is 11.1 Å². The second-order valence-electron chi connectivity index (χ2n) is 5.54. The second kappa shape index (κ2) is 10.7. The van der Waals surface area contributed by atoms with Crippen LogP contribution in [-0.2, 0) is 27.5 Å². The van der Waals surface area contributed by atoms with Gasteiger partial charge in [-0.25, -0.2) is 5.48 Å². The van der Waals surface area contributed by atoms with E-state index in [2.05, 4.69) is 23.5 Å². The third kappa shape index (κ3) is 7.13. The number of rotatable bonds is 10. The molecule has 0 aliphatic rings. The zero-order chi connectivity index (χ0) is 18.8. The molecule has 1 N–H and O–H groups in total. The highest BCUT2D eigenvalue weighted by Crippen LogP contribution is 2.17. The van der Waals surface area contributed by atoms with Gasteiger partial charge in [-0.05, 0) is 31.2 Å². The molecule has 136 valence electrons. The van der Waals surface area contributed by atoms with Gasteiger partial charge in [-0.1, -0.05) is 55.1 Å². The highest BCUT2D eigenvalue weighted by atomic mass is 35.5. The van der Waals surface area contributed by atoms with Crippen LogP contribution in [0.25, 0.3) is 0 Å². The Morgan fingerprint density at radius 3 is 2.48 bits per heavy atom. The van der Waals surface area contributed by atoms with E-state index in [1.54, 1.807) is 12.2 Å². The van der Waals surface area contributed by atoms with Crippen LogP contribution in [0.15, 0.2) is 60.4 Å². The van der Waals surface area contributed by atoms with Gasteiger partial charge in [0.1, 0.15) is 12.4 Å². The lowest BCUT2D eigenvalue weighted by atomic mass is 10.1. The van der Waals surface area contributed by atoms with E-state index < -0.39 is 0 Å². The lowest BCUT2D eigenvalue weighted by Gasteiger charge is -2.23. The van der Waals surface area contributed by atoms with E-state index in [0.29, 0.717) is 23.9 Å². The quantitative estimate of drug-likeness (QED) is 0.392. The number of hydroxylamine groups is 1. The van der Waals surface area contributed by atoms with Gasteiger partial charge < -0.3 is 4.74 Å². The molecule has 1 aromatic rings. The van der Waals surface area contributed by atoms with E-state index in [-0.39, 0.29) is 11.9 Å². The number of hydrogen-bond donors (Lipinski definition) is 1. The van der Waals surface area contributed by atoms with Gasteiger partial charge in [0.2, 0.25) is 0 Å². The summed E-state index contributed by atoms with van der Waals surface area (Å²) in [6, 6.07) is 7.66. The topological polar surface area (TPSA) is 50.8 Å². The first-order valence-corrected chi connectivity index (χ1v) is 8.18. The van der Waals surface area contributed by atoms with Crippen molar-refractivity contribution in [3.05, 3.63) is 71.5 Å². The fourth-order valence-electron chi connectivity index (χ4n) is 2.04. The fourth-order valence-corrected chi connectivity index (χ4v) is 2.15. The minimum Gasteiger partial charge on any atom is -0.487 e. The number of carbonyl (C=O) groups is 1. The van der Waals surface area contributed by atoms with Crippen molar-refractivity contribution in [1.82, 2.24) is 10.4 Å². The van der Waals surface area contributed by atoms with Crippen LogP contribution in [0.1, 0.15) is 18.1 Å². The molecule has 1 unspecified atom stereocenters. The number of halogens is 1. The lowest BCUT2D eigenvalue weighted by Crippen LogP contribution is -2.42. The smallest absolute Gasteiger partial charge is 0.260 e. The molecule has 5 nitrogen and oxygen atoms in total. The first-order valence-electron chi connectivity index (χ1n) is 7.80. The molecule has 1 rings (SSSR count). The Bertz CT molecular complexity index is 626. The van der Waals surface area contributed by atoms with E-state index in [1.807, 2.05) is 43.1 Å². The predicted octanol–water partition coefficient (Wildman–Crippen LogP) is 3.52. The summed E-state index contributed by atoms with van der Waals surface area (Å²) in [4.78, 5) is 18.3. The summed E-state index contributed by atoms with van der Waals surface area (Å²) < 4.78 is 5.63. The van der Waals surface area contributed by atoms with Gasteiger partial charge in [0.25, 0.3) is 5.91 Å². The summed E-state index contributed by atoms with van der Waals surface area (Å²) in [6.45, 7) is 10.1. The number of amides is 1. The van der Waals surface area contributed by atoms with Crippen LogP contribution in [0.4, 0.5) is 0 Å². The summed E-state index contributed by atoms with van der Waals surface area (Å²) in [6.07, 6.45) is 3.27. The standard InChI is InChI=1S/C19H25ClN2O3/c1-6-7-18(14(2)20)25-13-17-10-8-16(9-11-17)12-22(4)15(3)19(23)21-24-5/h6-11,15H,1-2,12-13H2,3-5H3,(H,21,23)/b18-7+. The summed E-state index contributed by atoms with van der Waals surface area (Å²) in [5.74, 6) is 0.316. The number of nitrogens with zero attached hydrogens (tertiary/aromatic N) is 1. The number of nitrogens with one attached hydrogen (secondary N) is 1. The third-order valence-electron chi connectivity index (χ3n) is 3.63. The van der Waals surface area contributed by atoms with Crippen molar-refractivity contribution < 1.29 is 14.4 Å². The first-order chi connectivity index (χ1) is 11.9. The Labute approximate surface area is 154 Å². The molecule has 6 heteroatoms. The Morgan fingerprint density at radius 1 is 1.36 bits per heavy atom. The zero-order valence-electron chi connectivity index (χ0n) is 14.9. The van der Waals surface area contributed by atoms with Crippen molar-refractivity contribution in [2.75, 3.05) is 14.2 Å². The molecule has 0 saturated heterocycles. The maximum atomic E-state index is 11.8. The van der Waals surface area contributed by atoms with Crippen LogP contribution < -0.4 is 5.48 Å². The Morgan fingerprint density at radius 2 is 1.96 bits per heavy atom. The van der Waals surface area contributed by atoms with Gasteiger partial charge in [-0.3, -0.25) is 14.5 Å². The highest BCUT2D eigenvalue weighted by molar-refractivity contribution is 6.31. The van der Waals surface area contributed by atoms with Crippen molar-refractivity contribution in [2.24, 2.45) is 0 Å². The summed E-state index contributed by atoms with van der Waals surface area (Å²) in [5, 5.41) is 0.335. The molecule has 1 atom stereocenters. The maximum absolute atomic E-state index is 11.8. The number of carbonyl (C=O) groups excluding carboxylic acids is 1. The molecule has 0 spiro atoms. The number of ether oxygens (including phenoxy) is 1. The van der Waals surface area contributed by atoms with E-state index in [9.17, 15) is 4.79 Å². The summed E-state index contributed by atoms with van der Waals surface area (Å²) in [5.41, 5.74) is 4.43. The largest absolute Gasteiger partial charge is 0.487 e. The Balaban J connectivity index is 2.61. The average molecular weight is 365 g/mol. The first kappa shape index (κ1) is 21.0. The van der Waals surface area contributed by atoms with E-state index in [1.165, 1.54) is 7.11 Å². The predicted molar refractivity (Wildman–Crippen MR) is 101 cm³/mol. The SMILES string of the molecule is C=C/C=C(/OCc1ccc(CN(C)C(C)C(=O)NOC)cc1)C(=C)Cl. The second-order valence-corrected chi connectivity index (χ2v) is 5.99. The van der Waals surface area contributed by atoms with Crippen molar-refractivity contribution >= 4 is 17.5 Å². The van der Waals surface area contributed by atoms with Crippen molar-refractivity contribution in [3.63, 3.8) is 0 Å². The molecular formula is C19H25ClN2O3. The van der Waals surface area contributed by atoms with Gasteiger partial charge in [0, 0.05) is 6.54 Å². The van der Waals surface area contributed by atoms with E-state index in [4.69, 9.17) is 16.3 Å². The lowest BCUT2D eigenvalue weighted by molar-refractivity contribution is -0.136. The maximum Gasteiger partial charge on any atom is 0.260 e. The molecule has 0 fully saturated rings. The number of likely N-dealkylation sites (N-methyl/N-ethyl adjacent to an activating group) is 1. The van der Waals surface area contributed by atoms with Crippen LogP contribution in [0.3, 0.4) is 0 Å².